The molecule has 5 heteroatoms. The van der Waals surface area contributed by atoms with Gasteiger partial charge in [0.05, 0.1) is 0 Å². The Labute approximate surface area is 170 Å². The third-order valence-electron chi connectivity index (χ3n) is 5.34. The van der Waals surface area contributed by atoms with E-state index < -0.39 is 0 Å². The lowest BCUT2D eigenvalue weighted by Crippen LogP contribution is -2.32. The van der Waals surface area contributed by atoms with Crippen LogP contribution in [0.5, 0.6) is 0 Å². The summed E-state index contributed by atoms with van der Waals surface area (Å²) in [4.78, 5) is 14.6. The van der Waals surface area contributed by atoms with Gasteiger partial charge in [-0.25, -0.2) is 0 Å². The van der Waals surface area contributed by atoms with Gasteiger partial charge in [0.25, 0.3) is 0 Å². The zero-order chi connectivity index (χ0) is 17.9. The first-order valence-electron chi connectivity index (χ1n) is 9.26. The normalized spacial score (nSPS) is 19.2. The molecule has 142 valence electrons. The van der Waals surface area contributed by atoms with E-state index in [-0.39, 0.29) is 30.3 Å². The minimum Gasteiger partial charge on any atom is -0.340 e. The van der Waals surface area contributed by atoms with E-state index in [9.17, 15) is 4.79 Å². The lowest BCUT2D eigenvalue weighted by atomic mass is 9.95. The number of hydrogen-bond acceptors (Lipinski definition) is 3. The molecule has 1 aliphatic heterocycles. The summed E-state index contributed by atoms with van der Waals surface area (Å²) in [6, 6.07) is 18.8. The summed E-state index contributed by atoms with van der Waals surface area (Å²) in [7, 11) is 0. The van der Waals surface area contributed by atoms with Crippen LogP contribution in [0.4, 0.5) is 0 Å². The standard InChI is InChI=1S/C22H24N2OS.ClH/c23-20-14-24(13-19(20)16-7-2-1-3-8-16)22(25)12-6-9-17-15-26-21-11-5-4-10-18(17)21;/h1-5,7-8,10-11,15,19-20H,6,9,12-14,23H2;1H/t19-,20+;/m0./s1. The summed E-state index contributed by atoms with van der Waals surface area (Å²) in [5, 5.41) is 3.56. The third kappa shape index (κ3) is 4.34. The molecule has 27 heavy (non-hydrogen) atoms. The number of thiophene rings is 1. The van der Waals surface area contributed by atoms with Crippen molar-refractivity contribution in [3.05, 3.63) is 71.1 Å². The summed E-state index contributed by atoms with van der Waals surface area (Å²) in [5.74, 6) is 0.486. The molecule has 1 fully saturated rings. The summed E-state index contributed by atoms with van der Waals surface area (Å²) in [6.45, 7) is 1.41. The van der Waals surface area contributed by atoms with Gasteiger partial charge in [-0.1, -0.05) is 48.5 Å². The van der Waals surface area contributed by atoms with E-state index in [1.165, 1.54) is 21.2 Å². The number of likely N-dealkylation sites (tertiary alicyclic amines) is 1. The van der Waals surface area contributed by atoms with Crippen LogP contribution in [0.3, 0.4) is 0 Å². The van der Waals surface area contributed by atoms with E-state index in [1.807, 2.05) is 23.1 Å². The van der Waals surface area contributed by atoms with Crippen LogP contribution < -0.4 is 5.73 Å². The van der Waals surface area contributed by atoms with Crippen molar-refractivity contribution in [2.24, 2.45) is 5.73 Å². The zero-order valence-electron chi connectivity index (χ0n) is 15.2. The minimum absolute atomic E-state index is 0. The summed E-state index contributed by atoms with van der Waals surface area (Å²) < 4.78 is 1.32. The lowest BCUT2D eigenvalue weighted by molar-refractivity contribution is -0.130. The number of rotatable bonds is 5. The van der Waals surface area contributed by atoms with Crippen molar-refractivity contribution >= 4 is 39.7 Å². The summed E-state index contributed by atoms with van der Waals surface area (Å²) in [5.41, 5.74) is 8.91. The highest BCUT2D eigenvalue weighted by Gasteiger charge is 2.33. The van der Waals surface area contributed by atoms with Crippen molar-refractivity contribution in [3.63, 3.8) is 0 Å². The van der Waals surface area contributed by atoms with Gasteiger partial charge in [0.1, 0.15) is 0 Å². The summed E-state index contributed by atoms with van der Waals surface area (Å²) >= 11 is 1.78. The first-order valence-corrected chi connectivity index (χ1v) is 10.1. The molecular formula is C22H25ClN2OS. The largest absolute Gasteiger partial charge is 0.340 e. The molecule has 0 unspecified atom stereocenters. The Morgan fingerprint density at radius 2 is 1.81 bits per heavy atom. The maximum absolute atomic E-state index is 12.6. The topological polar surface area (TPSA) is 46.3 Å². The second kappa shape index (κ2) is 8.87. The molecule has 2 aromatic carbocycles. The highest BCUT2D eigenvalue weighted by molar-refractivity contribution is 7.17. The highest BCUT2D eigenvalue weighted by atomic mass is 35.5. The molecule has 0 aliphatic carbocycles. The number of carbonyl (C=O) groups is 1. The molecule has 1 saturated heterocycles. The molecule has 2 N–H and O–H groups in total. The molecule has 0 spiro atoms. The molecule has 0 radical (unpaired) electrons. The van der Waals surface area contributed by atoms with Crippen LogP contribution in [-0.2, 0) is 11.2 Å². The van der Waals surface area contributed by atoms with Gasteiger partial charge in [0.15, 0.2) is 0 Å². The predicted octanol–water partition coefficient (Wildman–Crippen LogP) is 4.60. The Kier molecular flexibility index (Phi) is 6.53. The molecule has 3 nitrogen and oxygen atoms in total. The van der Waals surface area contributed by atoms with Crippen molar-refractivity contribution in [2.45, 2.75) is 31.2 Å². The maximum atomic E-state index is 12.6. The maximum Gasteiger partial charge on any atom is 0.222 e. The zero-order valence-corrected chi connectivity index (χ0v) is 16.8. The molecule has 4 rings (SSSR count). The lowest BCUT2D eigenvalue weighted by Gasteiger charge is -2.16. The molecule has 0 saturated carbocycles. The van der Waals surface area contributed by atoms with Gasteiger partial charge < -0.3 is 10.6 Å². The van der Waals surface area contributed by atoms with Crippen LogP contribution in [0, 0.1) is 0 Å². The van der Waals surface area contributed by atoms with Crippen molar-refractivity contribution < 1.29 is 4.79 Å². The van der Waals surface area contributed by atoms with E-state index in [2.05, 4.69) is 41.8 Å². The Balaban J connectivity index is 0.00000210. The van der Waals surface area contributed by atoms with E-state index in [0.717, 1.165) is 19.4 Å². The predicted molar refractivity (Wildman–Crippen MR) is 116 cm³/mol. The van der Waals surface area contributed by atoms with Crippen LogP contribution in [0.2, 0.25) is 0 Å². The van der Waals surface area contributed by atoms with Crippen LogP contribution in [-0.4, -0.2) is 29.9 Å². The van der Waals surface area contributed by atoms with Crippen LogP contribution >= 0.6 is 23.7 Å². The smallest absolute Gasteiger partial charge is 0.222 e. The first-order chi connectivity index (χ1) is 12.7. The van der Waals surface area contributed by atoms with Crippen LogP contribution in [0.1, 0.15) is 29.9 Å². The molecule has 1 amide bonds. The molecule has 0 bridgehead atoms. The number of aryl methyl sites for hydroxylation is 1. The SMILES string of the molecule is Cl.N[C@@H]1CN(C(=O)CCCc2csc3ccccc23)C[C@H]1c1ccccc1. The average Bonchev–Trinajstić information content (AvgIpc) is 3.26. The van der Waals surface area contributed by atoms with Gasteiger partial charge >= 0.3 is 0 Å². The second-order valence-electron chi connectivity index (χ2n) is 7.09. The van der Waals surface area contributed by atoms with Gasteiger partial charge in [-0.2, -0.15) is 0 Å². The molecule has 1 aromatic heterocycles. The molecule has 2 atom stereocenters. The number of benzene rings is 2. The second-order valence-corrected chi connectivity index (χ2v) is 8.00. The number of hydrogen-bond donors (Lipinski definition) is 1. The number of carbonyl (C=O) groups excluding carboxylic acids is 1. The first kappa shape index (κ1) is 19.9. The Hall–Kier alpha value is -1.88. The molecule has 3 aromatic rings. The van der Waals surface area contributed by atoms with Gasteiger partial charge in [-0.15, -0.1) is 23.7 Å². The highest BCUT2D eigenvalue weighted by Crippen LogP contribution is 2.28. The fourth-order valence-electron chi connectivity index (χ4n) is 3.90. The molecule has 2 heterocycles. The molecule has 1 aliphatic rings. The van der Waals surface area contributed by atoms with Gasteiger partial charge in [0, 0.05) is 36.2 Å². The average molecular weight is 401 g/mol. The van der Waals surface area contributed by atoms with E-state index in [4.69, 9.17) is 5.73 Å². The van der Waals surface area contributed by atoms with Gasteiger partial charge in [0.2, 0.25) is 5.91 Å². The van der Waals surface area contributed by atoms with Crippen molar-refractivity contribution in [2.75, 3.05) is 13.1 Å². The Morgan fingerprint density at radius 3 is 2.63 bits per heavy atom. The quantitative estimate of drug-likeness (QED) is 0.680. The summed E-state index contributed by atoms with van der Waals surface area (Å²) in [6.07, 6.45) is 2.44. The van der Waals surface area contributed by atoms with E-state index in [0.29, 0.717) is 13.0 Å². The number of halogens is 1. The monoisotopic (exact) mass is 400 g/mol. The van der Waals surface area contributed by atoms with Gasteiger partial charge in [-0.3, -0.25) is 4.79 Å². The fraction of sp³-hybridized carbons (Fsp3) is 0.318. The Morgan fingerprint density at radius 1 is 1.07 bits per heavy atom. The van der Waals surface area contributed by atoms with Crippen molar-refractivity contribution in [1.29, 1.82) is 0 Å². The van der Waals surface area contributed by atoms with Gasteiger partial charge in [-0.05, 0) is 40.8 Å². The van der Waals surface area contributed by atoms with Crippen LogP contribution in [0.15, 0.2) is 60.0 Å². The Bertz CT molecular complexity index is 895. The molecular weight excluding hydrogens is 376 g/mol. The fourth-order valence-corrected chi connectivity index (χ4v) is 4.90. The number of fused-ring (bicyclic) bond motifs is 1. The van der Waals surface area contributed by atoms with Crippen molar-refractivity contribution in [1.82, 2.24) is 4.90 Å². The van der Waals surface area contributed by atoms with E-state index in [1.54, 1.807) is 11.3 Å². The van der Waals surface area contributed by atoms with Crippen LogP contribution in [0.25, 0.3) is 10.1 Å². The number of nitrogens with two attached hydrogens (primary N) is 1. The third-order valence-corrected chi connectivity index (χ3v) is 6.36. The minimum atomic E-state index is 0. The number of nitrogens with zero attached hydrogens (tertiary/aromatic N) is 1. The number of amides is 1. The van der Waals surface area contributed by atoms with E-state index >= 15 is 0 Å². The van der Waals surface area contributed by atoms with Crippen molar-refractivity contribution in [3.8, 4) is 0 Å².